The van der Waals surface area contributed by atoms with Crippen LogP contribution in [0.3, 0.4) is 0 Å². The number of nitrogens with zero attached hydrogens (tertiary/aromatic N) is 4. The Bertz CT molecular complexity index is 1680. The molecule has 0 radical (unpaired) electrons. The normalized spacial score (nSPS) is 11.6. The Balaban J connectivity index is 1.52. The van der Waals surface area contributed by atoms with Gasteiger partial charge in [0.2, 0.25) is 0 Å². The summed E-state index contributed by atoms with van der Waals surface area (Å²) < 4.78 is 15.2. The summed E-state index contributed by atoms with van der Waals surface area (Å²) in [5, 5.41) is 26.8. The van der Waals surface area contributed by atoms with E-state index in [0.29, 0.717) is 34.5 Å². The monoisotopic (exact) mass is 582 g/mol. The Hall–Kier alpha value is -5.03. The van der Waals surface area contributed by atoms with Gasteiger partial charge in [0.1, 0.15) is 5.82 Å². The summed E-state index contributed by atoms with van der Waals surface area (Å²) in [6.45, 7) is 1.91. The molecule has 2 N–H and O–H groups in total. The molecule has 1 heterocycles. The van der Waals surface area contributed by atoms with Crippen LogP contribution in [0.25, 0.3) is 5.69 Å². The third-order valence-corrected chi connectivity index (χ3v) is 7.55. The van der Waals surface area contributed by atoms with Crippen LogP contribution in [0.1, 0.15) is 28.6 Å². The van der Waals surface area contributed by atoms with Crippen molar-refractivity contribution in [3.8, 4) is 5.69 Å². The highest BCUT2D eigenvalue weighted by molar-refractivity contribution is 7.98. The highest BCUT2D eigenvalue weighted by Crippen LogP contribution is 2.30. The lowest BCUT2D eigenvalue weighted by atomic mass is 10.1. The van der Waals surface area contributed by atoms with Gasteiger partial charge < -0.3 is 10.6 Å². The predicted octanol–water partition coefficient (Wildman–Crippen LogP) is 7.02. The van der Waals surface area contributed by atoms with Gasteiger partial charge in [0.25, 0.3) is 5.69 Å². The van der Waals surface area contributed by atoms with Crippen molar-refractivity contribution in [3.05, 3.63) is 142 Å². The van der Waals surface area contributed by atoms with E-state index >= 15 is 0 Å². The SMILES string of the molecule is Cc1ccccc1NC(=O)NC(Cc1ccccc1)c1nnc(SCc2ccc(F)cc2)n1-c1ccc([N+](=O)[O-])cc1. The van der Waals surface area contributed by atoms with Gasteiger partial charge >= 0.3 is 6.03 Å². The first-order valence-electron chi connectivity index (χ1n) is 13.1. The van der Waals surface area contributed by atoms with Gasteiger partial charge in [-0.15, -0.1) is 10.2 Å². The summed E-state index contributed by atoms with van der Waals surface area (Å²) in [6.07, 6.45) is 0.412. The smallest absolute Gasteiger partial charge is 0.319 e. The number of anilines is 1. The molecule has 9 nitrogen and oxygen atoms in total. The van der Waals surface area contributed by atoms with Gasteiger partial charge in [0.15, 0.2) is 11.0 Å². The second-order valence-corrected chi connectivity index (χ2v) is 10.5. The van der Waals surface area contributed by atoms with Crippen LogP contribution in [0.15, 0.2) is 108 Å². The molecule has 0 aliphatic carbocycles. The van der Waals surface area contributed by atoms with Crippen molar-refractivity contribution >= 4 is 29.2 Å². The average Bonchev–Trinajstić information content (AvgIpc) is 3.42. The van der Waals surface area contributed by atoms with Gasteiger partial charge in [0, 0.05) is 35.7 Å². The summed E-state index contributed by atoms with van der Waals surface area (Å²) in [4.78, 5) is 24.1. The summed E-state index contributed by atoms with van der Waals surface area (Å²) in [5.74, 6) is 0.615. The molecule has 0 fully saturated rings. The molecular formula is C31H27FN6O3S. The zero-order valence-corrected chi connectivity index (χ0v) is 23.4. The van der Waals surface area contributed by atoms with Gasteiger partial charge in [-0.2, -0.15) is 0 Å². The molecule has 212 valence electrons. The number of hydrogen-bond acceptors (Lipinski definition) is 6. The second-order valence-electron chi connectivity index (χ2n) is 9.52. The van der Waals surface area contributed by atoms with Crippen LogP contribution in [-0.2, 0) is 12.2 Å². The molecule has 0 saturated carbocycles. The zero-order valence-electron chi connectivity index (χ0n) is 22.6. The summed E-state index contributed by atoms with van der Waals surface area (Å²) in [7, 11) is 0. The van der Waals surface area contributed by atoms with E-state index in [1.807, 2.05) is 61.5 Å². The largest absolute Gasteiger partial charge is 0.327 e. The highest BCUT2D eigenvalue weighted by Gasteiger charge is 2.25. The topological polar surface area (TPSA) is 115 Å². The molecule has 2 amide bonds. The average molecular weight is 583 g/mol. The number of para-hydroxylation sites is 1. The Kier molecular flexibility index (Phi) is 8.88. The molecule has 0 bridgehead atoms. The van der Waals surface area contributed by atoms with Crippen molar-refractivity contribution in [2.45, 2.75) is 30.3 Å². The summed E-state index contributed by atoms with van der Waals surface area (Å²) >= 11 is 1.38. The number of rotatable bonds is 10. The van der Waals surface area contributed by atoms with Crippen molar-refractivity contribution in [1.82, 2.24) is 20.1 Å². The molecule has 1 unspecified atom stereocenters. The lowest BCUT2D eigenvalue weighted by molar-refractivity contribution is -0.384. The number of amides is 2. The van der Waals surface area contributed by atoms with Crippen molar-refractivity contribution in [2.24, 2.45) is 0 Å². The molecule has 1 aromatic heterocycles. The van der Waals surface area contributed by atoms with Crippen molar-refractivity contribution in [2.75, 3.05) is 5.32 Å². The maximum Gasteiger partial charge on any atom is 0.319 e. The molecule has 0 aliphatic heterocycles. The van der Waals surface area contributed by atoms with Crippen molar-refractivity contribution in [1.29, 1.82) is 0 Å². The quantitative estimate of drug-likeness (QED) is 0.104. The Morgan fingerprint density at radius 2 is 1.62 bits per heavy atom. The number of nitro benzene ring substituents is 1. The standard InChI is InChI=1S/C31H27FN6O3S/c1-21-7-5-6-10-27(21)33-30(39)34-28(19-22-8-3-2-4-9-22)29-35-36-31(42-20-23-11-13-24(32)14-12-23)37(29)25-15-17-26(18-16-25)38(40)41/h2-18,28H,19-20H2,1H3,(H2,33,34,39). The molecule has 42 heavy (non-hydrogen) atoms. The number of non-ortho nitro benzene ring substituents is 1. The molecule has 11 heteroatoms. The molecular weight excluding hydrogens is 555 g/mol. The van der Waals surface area contributed by atoms with E-state index < -0.39 is 17.0 Å². The van der Waals surface area contributed by atoms with Crippen LogP contribution in [0, 0.1) is 22.9 Å². The van der Waals surface area contributed by atoms with E-state index in [1.54, 1.807) is 28.8 Å². The minimum absolute atomic E-state index is 0.0505. The number of aromatic nitrogens is 3. The van der Waals surface area contributed by atoms with Gasteiger partial charge in [-0.05, 0) is 53.9 Å². The number of carbonyl (C=O) groups is 1. The molecule has 1 atom stereocenters. The van der Waals surface area contributed by atoms with E-state index in [-0.39, 0.29) is 11.5 Å². The fourth-order valence-electron chi connectivity index (χ4n) is 4.38. The fraction of sp³-hybridized carbons (Fsp3) is 0.129. The van der Waals surface area contributed by atoms with E-state index in [4.69, 9.17) is 0 Å². The molecule has 0 spiro atoms. The minimum atomic E-state index is -0.612. The number of nitro groups is 1. The molecule has 5 rings (SSSR count). The maximum atomic E-state index is 13.4. The third-order valence-electron chi connectivity index (χ3n) is 6.55. The zero-order chi connectivity index (χ0) is 29.5. The second kappa shape index (κ2) is 13.1. The lowest BCUT2D eigenvalue weighted by Gasteiger charge is -2.21. The van der Waals surface area contributed by atoms with Crippen LogP contribution in [0.4, 0.5) is 20.6 Å². The first kappa shape index (κ1) is 28.5. The van der Waals surface area contributed by atoms with Gasteiger partial charge in [-0.3, -0.25) is 14.7 Å². The minimum Gasteiger partial charge on any atom is -0.327 e. The third kappa shape index (κ3) is 6.99. The van der Waals surface area contributed by atoms with Crippen molar-refractivity contribution < 1.29 is 14.1 Å². The summed E-state index contributed by atoms with van der Waals surface area (Å²) in [5.41, 5.74) is 4.00. The fourth-order valence-corrected chi connectivity index (χ4v) is 5.30. The lowest BCUT2D eigenvalue weighted by Crippen LogP contribution is -2.35. The number of carbonyl (C=O) groups excluding carboxylic acids is 1. The van der Waals surface area contributed by atoms with E-state index in [9.17, 15) is 19.3 Å². The Morgan fingerprint density at radius 3 is 2.31 bits per heavy atom. The number of aryl methyl sites for hydroxylation is 1. The number of urea groups is 1. The molecule has 5 aromatic rings. The number of thioether (sulfide) groups is 1. The van der Waals surface area contributed by atoms with Gasteiger partial charge in [-0.25, -0.2) is 9.18 Å². The first-order valence-corrected chi connectivity index (χ1v) is 14.1. The molecule has 4 aromatic carbocycles. The summed E-state index contributed by atoms with van der Waals surface area (Å²) in [6, 6.07) is 28.4. The van der Waals surface area contributed by atoms with Crippen LogP contribution in [0.5, 0.6) is 0 Å². The first-order chi connectivity index (χ1) is 20.4. The van der Waals surface area contributed by atoms with Crippen LogP contribution in [-0.4, -0.2) is 25.7 Å². The van der Waals surface area contributed by atoms with Gasteiger partial charge in [0.05, 0.1) is 11.0 Å². The number of nitrogens with one attached hydrogen (secondary N) is 2. The number of hydrogen-bond donors (Lipinski definition) is 2. The van der Waals surface area contributed by atoms with E-state index in [0.717, 1.165) is 16.7 Å². The van der Waals surface area contributed by atoms with Crippen LogP contribution >= 0.6 is 11.8 Å². The van der Waals surface area contributed by atoms with Gasteiger partial charge in [-0.1, -0.05) is 72.4 Å². The predicted molar refractivity (Wildman–Crippen MR) is 160 cm³/mol. The van der Waals surface area contributed by atoms with E-state index in [2.05, 4.69) is 20.8 Å². The highest BCUT2D eigenvalue weighted by atomic mass is 32.2. The van der Waals surface area contributed by atoms with Crippen molar-refractivity contribution in [3.63, 3.8) is 0 Å². The van der Waals surface area contributed by atoms with Crippen LogP contribution < -0.4 is 10.6 Å². The Morgan fingerprint density at radius 1 is 0.929 bits per heavy atom. The Labute approximate surface area is 246 Å². The number of halogens is 1. The molecule has 0 saturated heterocycles. The molecule has 0 aliphatic rings. The van der Waals surface area contributed by atoms with E-state index in [1.165, 1.54) is 36.0 Å². The maximum absolute atomic E-state index is 13.4. The number of benzene rings is 4. The van der Waals surface area contributed by atoms with Crippen LogP contribution in [0.2, 0.25) is 0 Å².